The van der Waals surface area contributed by atoms with Gasteiger partial charge < -0.3 is 9.42 Å². The summed E-state index contributed by atoms with van der Waals surface area (Å²) in [5.41, 5.74) is 5.98. The number of likely N-dealkylation sites (tertiary alicyclic amines) is 1. The Hall–Kier alpha value is -2.61. The minimum absolute atomic E-state index is 0.0908. The van der Waals surface area contributed by atoms with Crippen molar-refractivity contribution in [3.8, 4) is 11.3 Å². The van der Waals surface area contributed by atoms with E-state index in [-0.39, 0.29) is 5.91 Å². The van der Waals surface area contributed by atoms with Crippen LogP contribution in [0.25, 0.3) is 11.3 Å². The van der Waals surface area contributed by atoms with Gasteiger partial charge in [-0.2, -0.15) is 0 Å². The zero-order valence-corrected chi connectivity index (χ0v) is 16.4. The Bertz CT molecular complexity index is 961. The highest BCUT2D eigenvalue weighted by atomic mass is 32.1. The number of hydrogen-bond donors (Lipinski definition) is 0. The summed E-state index contributed by atoms with van der Waals surface area (Å²) in [6.45, 7) is 7.19. The lowest BCUT2D eigenvalue weighted by Crippen LogP contribution is -2.28. The number of rotatable bonds is 4. The van der Waals surface area contributed by atoms with E-state index < -0.39 is 0 Å². The maximum absolute atomic E-state index is 12.7. The molecule has 140 valence electrons. The Morgan fingerprint density at radius 2 is 2.15 bits per heavy atom. The second kappa shape index (κ2) is 7.19. The van der Waals surface area contributed by atoms with Crippen molar-refractivity contribution in [2.75, 3.05) is 13.1 Å². The fourth-order valence-corrected chi connectivity index (χ4v) is 4.37. The first kappa shape index (κ1) is 17.8. The summed E-state index contributed by atoms with van der Waals surface area (Å²) in [7, 11) is 0. The first-order chi connectivity index (χ1) is 13.0. The molecular formula is C19H21N5O2S. The third kappa shape index (κ3) is 3.49. The Labute approximate surface area is 161 Å². The van der Waals surface area contributed by atoms with Crippen molar-refractivity contribution < 1.29 is 9.32 Å². The first-order valence-corrected chi connectivity index (χ1v) is 9.84. The SMILES string of the molecule is Cc1ncsc1C(=O)N1CC[C@H](Cc2cncc(-c3c(C)noc3C)n2)C1. The highest BCUT2D eigenvalue weighted by Gasteiger charge is 2.29. The fraction of sp³-hybridized carbons (Fsp3) is 0.421. The lowest BCUT2D eigenvalue weighted by molar-refractivity contribution is 0.0791. The third-order valence-corrected chi connectivity index (χ3v) is 5.90. The van der Waals surface area contributed by atoms with Gasteiger partial charge in [0.15, 0.2) is 0 Å². The number of hydrogen-bond acceptors (Lipinski definition) is 7. The summed E-state index contributed by atoms with van der Waals surface area (Å²) in [6.07, 6.45) is 5.32. The summed E-state index contributed by atoms with van der Waals surface area (Å²) in [5.74, 6) is 1.22. The van der Waals surface area contributed by atoms with Gasteiger partial charge in [-0.1, -0.05) is 5.16 Å². The van der Waals surface area contributed by atoms with Crippen molar-refractivity contribution in [3.63, 3.8) is 0 Å². The van der Waals surface area contributed by atoms with Crippen molar-refractivity contribution in [2.45, 2.75) is 33.6 Å². The summed E-state index contributed by atoms with van der Waals surface area (Å²) < 4.78 is 5.24. The van der Waals surface area contributed by atoms with Gasteiger partial charge in [0.05, 0.1) is 40.0 Å². The molecule has 1 atom stereocenters. The Morgan fingerprint density at radius 3 is 2.85 bits per heavy atom. The van der Waals surface area contributed by atoms with Gasteiger partial charge in [-0.25, -0.2) is 9.97 Å². The van der Waals surface area contributed by atoms with Crippen LogP contribution in [0.15, 0.2) is 22.4 Å². The maximum Gasteiger partial charge on any atom is 0.265 e. The Kier molecular flexibility index (Phi) is 4.73. The lowest BCUT2D eigenvalue weighted by atomic mass is 10.0. The molecule has 0 spiro atoms. The predicted molar refractivity (Wildman–Crippen MR) is 102 cm³/mol. The minimum Gasteiger partial charge on any atom is -0.361 e. The Balaban J connectivity index is 1.46. The van der Waals surface area contributed by atoms with E-state index in [4.69, 9.17) is 9.51 Å². The van der Waals surface area contributed by atoms with Crippen LogP contribution in [-0.2, 0) is 6.42 Å². The highest BCUT2D eigenvalue weighted by Crippen LogP contribution is 2.27. The monoisotopic (exact) mass is 383 g/mol. The van der Waals surface area contributed by atoms with E-state index in [2.05, 4.69) is 15.1 Å². The molecule has 3 aromatic rings. The molecule has 0 aliphatic carbocycles. The molecule has 1 aliphatic rings. The standard InChI is InChI=1S/C19H21N5O2S/c1-11-17(13(3)26-23-11)16-8-20-7-15(22-16)6-14-4-5-24(9-14)19(25)18-12(2)21-10-27-18/h7-8,10,14H,4-6,9H2,1-3H3/t14-/m1/s1. The van der Waals surface area contributed by atoms with Crippen molar-refractivity contribution in [1.29, 1.82) is 0 Å². The van der Waals surface area contributed by atoms with Gasteiger partial charge in [-0.3, -0.25) is 9.78 Å². The molecule has 1 saturated heterocycles. The number of amides is 1. The predicted octanol–water partition coefficient (Wildman–Crippen LogP) is 3.22. The summed E-state index contributed by atoms with van der Waals surface area (Å²) in [6, 6.07) is 0. The van der Waals surface area contributed by atoms with Crippen molar-refractivity contribution >= 4 is 17.2 Å². The molecule has 8 heteroatoms. The zero-order chi connectivity index (χ0) is 19.0. The molecule has 27 heavy (non-hydrogen) atoms. The van der Waals surface area contributed by atoms with Gasteiger partial charge in [-0.15, -0.1) is 11.3 Å². The van der Waals surface area contributed by atoms with E-state index in [9.17, 15) is 4.79 Å². The van der Waals surface area contributed by atoms with Gasteiger partial charge in [-0.05, 0) is 39.5 Å². The van der Waals surface area contributed by atoms with Crippen LogP contribution in [0.2, 0.25) is 0 Å². The molecule has 1 fully saturated rings. The van der Waals surface area contributed by atoms with Crippen LogP contribution in [0.1, 0.15) is 38.9 Å². The number of carbonyl (C=O) groups is 1. The largest absolute Gasteiger partial charge is 0.361 e. The van der Waals surface area contributed by atoms with Gasteiger partial charge in [0.2, 0.25) is 0 Å². The molecule has 3 aromatic heterocycles. The van der Waals surface area contributed by atoms with Crippen LogP contribution < -0.4 is 0 Å². The number of nitrogens with zero attached hydrogens (tertiary/aromatic N) is 5. The average Bonchev–Trinajstić information content (AvgIpc) is 3.36. The van der Waals surface area contributed by atoms with Crippen LogP contribution in [0, 0.1) is 26.7 Å². The molecule has 0 unspecified atom stereocenters. The first-order valence-electron chi connectivity index (χ1n) is 8.96. The molecule has 0 aromatic carbocycles. The smallest absolute Gasteiger partial charge is 0.265 e. The topological polar surface area (TPSA) is 85.0 Å². The molecule has 0 N–H and O–H groups in total. The van der Waals surface area contributed by atoms with Crippen LogP contribution in [0.5, 0.6) is 0 Å². The van der Waals surface area contributed by atoms with Gasteiger partial charge >= 0.3 is 0 Å². The number of aryl methyl sites for hydroxylation is 3. The van der Waals surface area contributed by atoms with Crippen molar-refractivity contribution in [2.24, 2.45) is 5.92 Å². The molecule has 0 saturated carbocycles. The van der Waals surface area contributed by atoms with E-state index in [0.717, 1.165) is 64.9 Å². The molecular weight excluding hydrogens is 362 g/mol. The lowest BCUT2D eigenvalue weighted by Gasteiger charge is -2.16. The molecule has 1 amide bonds. The fourth-order valence-electron chi connectivity index (χ4n) is 3.60. The van der Waals surface area contributed by atoms with Crippen molar-refractivity contribution in [1.82, 2.24) is 25.0 Å². The molecule has 7 nitrogen and oxygen atoms in total. The zero-order valence-electron chi connectivity index (χ0n) is 15.6. The van der Waals surface area contributed by atoms with Crippen LogP contribution in [0.3, 0.4) is 0 Å². The van der Waals surface area contributed by atoms with Crippen LogP contribution in [-0.4, -0.2) is 44.0 Å². The van der Waals surface area contributed by atoms with E-state index in [1.807, 2.05) is 25.7 Å². The molecule has 4 rings (SSSR count). The van der Waals surface area contributed by atoms with Gasteiger partial charge in [0, 0.05) is 19.3 Å². The summed E-state index contributed by atoms with van der Waals surface area (Å²) in [4.78, 5) is 28.6. The number of thiazole rings is 1. The van der Waals surface area contributed by atoms with E-state index in [0.29, 0.717) is 5.92 Å². The third-order valence-electron chi connectivity index (χ3n) is 4.98. The summed E-state index contributed by atoms with van der Waals surface area (Å²) >= 11 is 1.41. The summed E-state index contributed by atoms with van der Waals surface area (Å²) in [5, 5.41) is 4.00. The normalized spacial score (nSPS) is 16.9. The molecule has 4 heterocycles. The average molecular weight is 383 g/mol. The van der Waals surface area contributed by atoms with E-state index in [1.54, 1.807) is 17.9 Å². The second-order valence-corrected chi connectivity index (χ2v) is 7.83. The van der Waals surface area contributed by atoms with Gasteiger partial charge in [0.25, 0.3) is 5.91 Å². The Morgan fingerprint density at radius 1 is 1.30 bits per heavy atom. The number of carbonyl (C=O) groups excluding carboxylic acids is 1. The van der Waals surface area contributed by atoms with Gasteiger partial charge in [0.1, 0.15) is 10.6 Å². The second-order valence-electron chi connectivity index (χ2n) is 6.97. The quantitative estimate of drug-likeness (QED) is 0.688. The molecule has 0 radical (unpaired) electrons. The van der Waals surface area contributed by atoms with E-state index >= 15 is 0 Å². The van der Waals surface area contributed by atoms with Crippen molar-refractivity contribution in [3.05, 3.63) is 45.6 Å². The maximum atomic E-state index is 12.7. The van der Waals surface area contributed by atoms with Crippen LogP contribution >= 0.6 is 11.3 Å². The minimum atomic E-state index is 0.0908. The van der Waals surface area contributed by atoms with Crippen LogP contribution in [0.4, 0.5) is 0 Å². The van der Waals surface area contributed by atoms with E-state index in [1.165, 1.54) is 11.3 Å². The highest BCUT2D eigenvalue weighted by molar-refractivity contribution is 7.11. The molecule has 1 aliphatic heterocycles. The molecule has 0 bridgehead atoms. The number of aromatic nitrogens is 4.